The second kappa shape index (κ2) is 6.18. The number of anilines is 2. The van der Waals surface area contributed by atoms with E-state index in [-0.39, 0.29) is 11.9 Å². The number of rotatable bonds is 3. The minimum Gasteiger partial charge on any atom is -0.336 e. The summed E-state index contributed by atoms with van der Waals surface area (Å²) < 4.78 is 0. The molecule has 0 radical (unpaired) electrons. The molecule has 3 rings (SSSR count). The smallest absolute Gasteiger partial charge is 0.219 e. The number of amides is 1. The van der Waals surface area contributed by atoms with E-state index in [2.05, 4.69) is 28.1 Å². The van der Waals surface area contributed by atoms with Crippen LogP contribution in [0.2, 0.25) is 0 Å². The topological polar surface area (TPSA) is 36.4 Å². The van der Waals surface area contributed by atoms with Crippen LogP contribution in [-0.2, 0) is 4.79 Å². The first kappa shape index (κ1) is 14.6. The Morgan fingerprint density at radius 1 is 1.23 bits per heavy atom. The van der Waals surface area contributed by atoms with Crippen molar-refractivity contribution in [2.75, 3.05) is 18.5 Å². The predicted molar refractivity (Wildman–Crippen MR) is 88.1 cm³/mol. The van der Waals surface area contributed by atoms with Crippen molar-refractivity contribution in [1.29, 1.82) is 0 Å². The molecule has 1 aliphatic rings. The summed E-state index contributed by atoms with van der Waals surface area (Å²) in [5.41, 5.74) is 2.22. The van der Waals surface area contributed by atoms with Crippen molar-refractivity contribution < 1.29 is 4.79 Å². The molecular weight excluding hydrogens is 274 g/mol. The SMILES string of the molecule is CC(=O)N1CCC[C@@H]1c1cccnc1N(C)c1ccccc1. The summed E-state index contributed by atoms with van der Waals surface area (Å²) in [7, 11) is 2.02. The number of carbonyl (C=O) groups is 1. The molecule has 2 heterocycles. The molecule has 1 saturated heterocycles. The number of hydrogen-bond acceptors (Lipinski definition) is 3. The van der Waals surface area contributed by atoms with Crippen molar-refractivity contribution in [2.45, 2.75) is 25.8 Å². The molecule has 22 heavy (non-hydrogen) atoms. The van der Waals surface area contributed by atoms with Gasteiger partial charge in [0.05, 0.1) is 6.04 Å². The van der Waals surface area contributed by atoms with E-state index in [0.29, 0.717) is 0 Å². The summed E-state index contributed by atoms with van der Waals surface area (Å²) in [4.78, 5) is 20.5. The zero-order valence-electron chi connectivity index (χ0n) is 13.1. The fourth-order valence-corrected chi connectivity index (χ4v) is 3.19. The quantitative estimate of drug-likeness (QED) is 0.869. The number of benzene rings is 1. The molecule has 1 fully saturated rings. The van der Waals surface area contributed by atoms with Crippen molar-refractivity contribution in [1.82, 2.24) is 9.88 Å². The van der Waals surface area contributed by atoms with E-state index in [9.17, 15) is 4.79 Å². The number of para-hydroxylation sites is 1. The van der Waals surface area contributed by atoms with E-state index in [1.807, 2.05) is 42.4 Å². The van der Waals surface area contributed by atoms with Gasteiger partial charge in [-0.15, -0.1) is 0 Å². The van der Waals surface area contributed by atoms with Gasteiger partial charge >= 0.3 is 0 Å². The largest absolute Gasteiger partial charge is 0.336 e. The van der Waals surface area contributed by atoms with Gasteiger partial charge in [0.1, 0.15) is 5.82 Å². The molecule has 1 aliphatic heterocycles. The van der Waals surface area contributed by atoms with Crippen LogP contribution < -0.4 is 4.90 Å². The van der Waals surface area contributed by atoms with Crippen LogP contribution in [0.15, 0.2) is 48.7 Å². The van der Waals surface area contributed by atoms with Crippen molar-refractivity contribution in [3.05, 3.63) is 54.2 Å². The maximum atomic E-state index is 11.9. The Bertz CT molecular complexity index is 656. The number of nitrogens with zero attached hydrogens (tertiary/aromatic N) is 3. The van der Waals surface area contributed by atoms with E-state index in [1.54, 1.807) is 6.92 Å². The molecule has 4 heteroatoms. The lowest BCUT2D eigenvalue weighted by Gasteiger charge is -2.28. The third kappa shape index (κ3) is 2.69. The van der Waals surface area contributed by atoms with E-state index in [0.717, 1.165) is 36.5 Å². The van der Waals surface area contributed by atoms with Crippen LogP contribution in [0.3, 0.4) is 0 Å². The molecule has 1 amide bonds. The van der Waals surface area contributed by atoms with Crippen LogP contribution in [0.4, 0.5) is 11.5 Å². The van der Waals surface area contributed by atoms with Crippen molar-refractivity contribution >= 4 is 17.4 Å². The summed E-state index contributed by atoms with van der Waals surface area (Å²) in [6, 6.07) is 14.4. The Balaban J connectivity index is 1.98. The van der Waals surface area contributed by atoms with Crippen molar-refractivity contribution in [3.8, 4) is 0 Å². The van der Waals surface area contributed by atoms with Gasteiger partial charge in [0, 0.05) is 38.0 Å². The molecule has 0 saturated carbocycles. The average molecular weight is 295 g/mol. The van der Waals surface area contributed by atoms with Crippen LogP contribution in [0.5, 0.6) is 0 Å². The third-order valence-corrected chi connectivity index (χ3v) is 4.29. The van der Waals surface area contributed by atoms with Gasteiger partial charge in [-0.25, -0.2) is 4.98 Å². The molecule has 0 bridgehead atoms. The molecule has 114 valence electrons. The normalized spacial score (nSPS) is 17.5. The lowest BCUT2D eigenvalue weighted by atomic mass is 10.0. The molecule has 1 aromatic heterocycles. The zero-order chi connectivity index (χ0) is 15.5. The van der Waals surface area contributed by atoms with Crippen LogP contribution >= 0.6 is 0 Å². The first-order valence-electron chi connectivity index (χ1n) is 7.69. The van der Waals surface area contributed by atoms with E-state index < -0.39 is 0 Å². The highest BCUT2D eigenvalue weighted by molar-refractivity contribution is 5.75. The number of pyridine rings is 1. The number of aromatic nitrogens is 1. The van der Waals surface area contributed by atoms with Crippen LogP contribution in [0.1, 0.15) is 31.4 Å². The lowest BCUT2D eigenvalue weighted by Crippen LogP contribution is -2.29. The molecule has 1 atom stereocenters. The second-order valence-electron chi connectivity index (χ2n) is 5.68. The summed E-state index contributed by atoms with van der Waals surface area (Å²) in [6.45, 7) is 2.48. The Morgan fingerprint density at radius 3 is 2.73 bits per heavy atom. The molecule has 2 aromatic rings. The molecule has 4 nitrogen and oxygen atoms in total. The fraction of sp³-hybridized carbons (Fsp3) is 0.333. The molecule has 1 aromatic carbocycles. The Labute approximate surface area is 131 Å². The van der Waals surface area contributed by atoms with Gasteiger partial charge in [-0.3, -0.25) is 4.79 Å². The van der Waals surface area contributed by atoms with E-state index in [1.165, 1.54) is 0 Å². The van der Waals surface area contributed by atoms with E-state index in [4.69, 9.17) is 0 Å². The Morgan fingerprint density at radius 2 is 2.00 bits per heavy atom. The highest BCUT2D eigenvalue weighted by Crippen LogP contribution is 2.37. The van der Waals surface area contributed by atoms with Gasteiger partial charge < -0.3 is 9.80 Å². The van der Waals surface area contributed by atoms with Crippen LogP contribution in [0.25, 0.3) is 0 Å². The Kier molecular flexibility index (Phi) is 4.09. The highest BCUT2D eigenvalue weighted by atomic mass is 16.2. The van der Waals surface area contributed by atoms with Gasteiger partial charge in [0.25, 0.3) is 0 Å². The Hall–Kier alpha value is -2.36. The average Bonchev–Trinajstić information content (AvgIpc) is 3.05. The molecule has 0 unspecified atom stereocenters. The summed E-state index contributed by atoms with van der Waals surface area (Å²) >= 11 is 0. The monoisotopic (exact) mass is 295 g/mol. The molecular formula is C18H21N3O. The third-order valence-electron chi connectivity index (χ3n) is 4.29. The maximum Gasteiger partial charge on any atom is 0.219 e. The van der Waals surface area contributed by atoms with Gasteiger partial charge in [-0.2, -0.15) is 0 Å². The minimum atomic E-state index is 0.132. The van der Waals surface area contributed by atoms with E-state index >= 15 is 0 Å². The summed E-state index contributed by atoms with van der Waals surface area (Å²) in [6.07, 6.45) is 3.86. The first-order chi connectivity index (χ1) is 10.7. The highest BCUT2D eigenvalue weighted by Gasteiger charge is 2.30. The molecule has 0 aliphatic carbocycles. The minimum absolute atomic E-state index is 0.132. The van der Waals surface area contributed by atoms with Crippen molar-refractivity contribution in [2.24, 2.45) is 0 Å². The predicted octanol–water partition coefficient (Wildman–Crippen LogP) is 3.53. The summed E-state index contributed by atoms with van der Waals surface area (Å²) in [5, 5.41) is 0. The number of likely N-dealkylation sites (tertiary alicyclic amines) is 1. The first-order valence-corrected chi connectivity index (χ1v) is 7.69. The summed E-state index contributed by atoms with van der Waals surface area (Å²) in [5.74, 6) is 1.06. The maximum absolute atomic E-state index is 11.9. The molecule has 0 N–H and O–H groups in total. The van der Waals surface area contributed by atoms with Gasteiger partial charge in [0.2, 0.25) is 5.91 Å². The number of carbonyl (C=O) groups excluding carboxylic acids is 1. The van der Waals surface area contributed by atoms with Crippen LogP contribution in [0, 0.1) is 0 Å². The standard InChI is InChI=1S/C18H21N3O/c1-14(22)21-13-7-11-17(21)16-10-6-12-19-18(16)20(2)15-8-4-3-5-9-15/h3-6,8-10,12,17H,7,11,13H2,1-2H3/t17-/m1/s1. The van der Waals surface area contributed by atoms with Crippen molar-refractivity contribution in [3.63, 3.8) is 0 Å². The van der Waals surface area contributed by atoms with Gasteiger partial charge in [-0.05, 0) is 31.0 Å². The molecule has 0 spiro atoms. The van der Waals surface area contributed by atoms with Gasteiger partial charge in [0.15, 0.2) is 0 Å². The number of hydrogen-bond donors (Lipinski definition) is 0. The fourth-order valence-electron chi connectivity index (χ4n) is 3.19. The van der Waals surface area contributed by atoms with Crippen LogP contribution in [-0.4, -0.2) is 29.4 Å². The van der Waals surface area contributed by atoms with Gasteiger partial charge in [-0.1, -0.05) is 24.3 Å². The zero-order valence-corrected chi connectivity index (χ0v) is 13.1. The lowest BCUT2D eigenvalue weighted by molar-refractivity contribution is -0.129. The second-order valence-corrected chi connectivity index (χ2v) is 5.68.